The number of rotatable bonds is 11. The minimum absolute atomic E-state index is 0.0606. The molecule has 0 saturated heterocycles. The van der Waals surface area contributed by atoms with Crippen LogP contribution in [0.4, 0.5) is 5.13 Å². The van der Waals surface area contributed by atoms with Gasteiger partial charge in [0.2, 0.25) is 5.13 Å². The number of carbonyl (C=O) groups excluding carboxylic acids is 1. The van der Waals surface area contributed by atoms with Crippen LogP contribution in [0.15, 0.2) is 48.0 Å². The fraction of sp³-hybridized carbons (Fsp3) is 0.280. The van der Waals surface area contributed by atoms with Crippen molar-refractivity contribution < 1.29 is 19.0 Å². The summed E-state index contributed by atoms with van der Waals surface area (Å²) in [5.41, 5.74) is 1.62. The standard InChI is InChI=1S/C25H26N4O4S/c1-4-7-23-28-29-25(34-23)27-24(30)19(16-26)14-18-10-11-21(22(15-18)31-3)33-13-12-32-20-9-6-5-8-17(20)2/h5-6,8-11,14-15H,4,7,12-13H2,1-3H3,(H,27,29,30)/b19-14-. The summed E-state index contributed by atoms with van der Waals surface area (Å²) in [6.45, 7) is 4.73. The number of para-hydroxylation sites is 1. The maximum atomic E-state index is 12.5. The number of aromatic nitrogens is 2. The Kier molecular flexibility index (Phi) is 9.00. The van der Waals surface area contributed by atoms with Gasteiger partial charge in [-0.15, -0.1) is 10.2 Å². The second-order valence-corrected chi connectivity index (χ2v) is 8.31. The number of anilines is 1. The number of hydrogen-bond donors (Lipinski definition) is 1. The molecule has 0 unspecified atom stereocenters. The SMILES string of the molecule is CCCc1nnc(NC(=O)/C(C#N)=C\c2ccc(OCCOc3ccccc3C)c(OC)c2)s1. The summed E-state index contributed by atoms with van der Waals surface area (Å²) in [4.78, 5) is 12.5. The van der Waals surface area contributed by atoms with Gasteiger partial charge in [-0.3, -0.25) is 10.1 Å². The molecule has 9 heteroatoms. The lowest BCUT2D eigenvalue weighted by Gasteiger charge is -2.13. The van der Waals surface area contributed by atoms with Crippen molar-refractivity contribution in [1.29, 1.82) is 5.26 Å². The summed E-state index contributed by atoms with van der Waals surface area (Å²) >= 11 is 1.30. The van der Waals surface area contributed by atoms with E-state index >= 15 is 0 Å². The molecule has 0 atom stereocenters. The number of nitriles is 1. The van der Waals surface area contributed by atoms with E-state index in [1.165, 1.54) is 24.5 Å². The summed E-state index contributed by atoms with van der Waals surface area (Å²) in [5.74, 6) is 1.29. The maximum Gasteiger partial charge on any atom is 0.268 e. The van der Waals surface area contributed by atoms with E-state index in [-0.39, 0.29) is 5.57 Å². The van der Waals surface area contributed by atoms with Gasteiger partial charge in [-0.1, -0.05) is 42.5 Å². The summed E-state index contributed by atoms with van der Waals surface area (Å²) in [6.07, 6.45) is 3.21. The fourth-order valence-corrected chi connectivity index (χ4v) is 3.85. The van der Waals surface area contributed by atoms with Gasteiger partial charge in [0.1, 0.15) is 35.6 Å². The Balaban J connectivity index is 1.62. The largest absolute Gasteiger partial charge is 0.493 e. The van der Waals surface area contributed by atoms with Crippen molar-refractivity contribution in [1.82, 2.24) is 10.2 Å². The Bertz CT molecular complexity index is 1200. The van der Waals surface area contributed by atoms with Gasteiger partial charge in [-0.25, -0.2) is 0 Å². The molecular formula is C25H26N4O4S. The normalized spacial score (nSPS) is 10.9. The van der Waals surface area contributed by atoms with E-state index in [0.717, 1.165) is 29.2 Å². The first-order chi connectivity index (χ1) is 16.5. The Hall–Kier alpha value is -3.90. The summed E-state index contributed by atoms with van der Waals surface area (Å²) in [7, 11) is 1.53. The third-order valence-electron chi connectivity index (χ3n) is 4.71. The average molecular weight is 479 g/mol. The van der Waals surface area contributed by atoms with Crippen LogP contribution >= 0.6 is 11.3 Å². The van der Waals surface area contributed by atoms with Gasteiger partial charge >= 0.3 is 0 Å². The smallest absolute Gasteiger partial charge is 0.268 e. The van der Waals surface area contributed by atoms with E-state index in [2.05, 4.69) is 15.5 Å². The van der Waals surface area contributed by atoms with Crippen molar-refractivity contribution in [2.24, 2.45) is 0 Å². The molecule has 0 spiro atoms. The first-order valence-electron chi connectivity index (χ1n) is 10.8. The molecule has 0 aliphatic carbocycles. The average Bonchev–Trinajstić information content (AvgIpc) is 3.28. The van der Waals surface area contributed by atoms with Crippen molar-refractivity contribution >= 4 is 28.5 Å². The number of carbonyl (C=O) groups is 1. The molecule has 2 aromatic carbocycles. The number of nitrogens with one attached hydrogen (secondary N) is 1. The van der Waals surface area contributed by atoms with E-state index in [1.54, 1.807) is 18.2 Å². The van der Waals surface area contributed by atoms with Crippen molar-refractivity contribution in [3.63, 3.8) is 0 Å². The number of amides is 1. The van der Waals surface area contributed by atoms with Gasteiger partial charge in [0.05, 0.1) is 7.11 Å². The van der Waals surface area contributed by atoms with Gasteiger partial charge in [-0.2, -0.15) is 5.26 Å². The molecule has 1 amide bonds. The van der Waals surface area contributed by atoms with Gasteiger partial charge in [0.15, 0.2) is 11.5 Å². The lowest BCUT2D eigenvalue weighted by Crippen LogP contribution is -2.13. The molecule has 0 aliphatic heterocycles. The quantitative estimate of drug-likeness (QED) is 0.239. The molecule has 3 aromatic rings. The number of aryl methyl sites for hydroxylation is 2. The van der Waals surface area contributed by atoms with Gasteiger partial charge in [0, 0.05) is 6.42 Å². The molecular weight excluding hydrogens is 452 g/mol. The molecule has 0 aliphatic rings. The predicted molar refractivity (Wildman–Crippen MR) is 131 cm³/mol. The zero-order valence-electron chi connectivity index (χ0n) is 19.3. The molecule has 176 valence electrons. The fourth-order valence-electron chi connectivity index (χ4n) is 3.01. The van der Waals surface area contributed by atoms with Gasteiger partial charge in [-0.05, 0) is 48.7 Å². The van der Waals surface area contributed by atoms with E-state index < -0.39 is 5.91 Å². The molecule has 34 heavy (non-hydrogen) atoms. The summed E-state index contributed by atoms with van der Waals surface area (Å²) < 4.78 is 17.0. The highest BCUT2D eigenvalue weighted by Gasteiger charge is 2.14. The Morgan fingerprint density at radius 2 is 1.88 bits per heavy atom. The van der Waals surface area contributed by atoms with Crippen LogP contribution in [-0.4, -0.2) is 36.4 Å². The molecule has 0 fully saturated rings. The first kappa shape index (κ1) is 24.7. The molecule has 0 bridgehead atoms. The molecule has 1 heterocycles. The van der Waals surface area contributed by atoms with Crippen LogP contribution in [0.2, 0.25) is 0 Å². The predicted octanol–water partition coefficient (Wildman–Crippen LogP) is 4.81. The number of benzene rings is 2. The van der Waals surface area contributed by atoms with Crippen molar-refractivity contribution in [3.05, 3.63) is 64.2 Å². The first-order valence-corrected chi connectivity index (χ1v) is 11.6. The Morgan fingerprint density at radius 3 is 2.59 bits per heavy atom. The van der Waals surface area contributed by atoms with Crippen LogP contribution in [0.5, 0.6) is 17.2 Å². The lowest BCUT2D eigenvalue weighted by molar-refractivity contribution is -0.112. The monoisotopic (exact) mass is 478 g/mol. The van der Waals surface area contributed by atoms with E-state index in [1.807, 2.05) is 44.2 Å². The zero-order valence-corrected chi connectivity index (χ0v) is 20.1. The van der Waals surface area contributed by atoms with Crippen LogP contribution in [0.25, 0.3) is 6.08 Å². The van der Waals surface area contributed by atoms with Gasteiger partial charge < -0.3 is 14.2 Å². The molecule has 0 radical (unpaired) electrons. The molecule has 1 N–H and O–H groups in total. The van der Waals surface area contributed by atoms with E-state index in [0.29, 0.717) is 35.4 Å². The molecule has 3 rings (SSSR count). The summed E-state index contributed by atoms with van der Waals surface area (Å²) in [6, 6.07) is 14.9. The Morgan fingerprint density at radius 1 is 1.12 bits per heavy atom. The minimum atomic E-state index is -0.547. The highest BCUT2D eigenvalue weighted by atomic mass is 32.1. The molecule has 0 saturated carbocycles. The van der Waals surface area contributed by atoms with E-state index in [9.17, 15) is 10.1 Å². The van der Waals surface area contributed by atoms with Crippen molar-refractivity contribution in [2.45, 2.75) is 26.7 Å². The third-order valence-corrected chi connectivity index (χ3v) is 5.61. The number of methoxy groups -OCH3 is 1. The third kappa shape index (κ3) is 6.80. The van der Waals surface area contributed by atoms with Crippen molar-refractivity contribution in [2.75, 3.05) is 25.6 Å². The van der Waals surface area contributed by atoms with E-state index in [4.69, 9.17) is 14.2 Å². The zero-order chi connectivity index (χ0) is 24.3. The minimum Gasteiger partial charge on any atom is -0.493 e. The summed E-state index contributed by atoms with van der Waals surface area (Å²) in [5, 5.41) is 21.3. The number of nitrogens with zero attached hydrogens (tertiary/aromatic N) is 3. The second-order valence-electron chi connectivity index (χ2n) is 7.25. The van der Waals surface area contributed by atoms with Crippen LogP contribution in [0.3, 0.4) is 0 Å². The highest BCUT2D eigenvalue weighted by Crippen LogP contribution is 2.29. The highest BCUT2D eigenvalue weighted by molar-refractivity contribution is 7.15. The number of hydrogen-bond acceptors (Lipinski definition) is 8. The van der Waals surface area contributed by atoms with Crippen LogP contribution in [0.1, 0.15) is 29.5 Å². The molecule has 8 nitrogen and oxygen atoms in total. The maximum absolute atomic E-state index is 12.5. The Labute approximate surface area is 202 Å². The topological polar surface area (TPSA) is 106 Å². The lowest BCUT2D eigenvalue weighted by atomic mass is 10.1. The second kappa shape index (κ2) is 12.4. The number of ether oxygens (including phenoxy) is 3. The van der Waals surface area contributed by atoms with Crippen LogP contribution in [-0.2, 0) is 11.2 Å². The van der Waals surface area contributed by atoms with Crippen LogP contribution < -0.4 is 19.5 Å². The van der Waals surface area contributed by atoms with Crippen LogP contribution in [0, 0.1) is 18.3 Å². The van der Waals surface area contributed by atoms with Gasteiger partial charge in [0.25, 0.3) is 5.91 Å². The molecule has 1 aromatic heterocycles. The van der Waals surface area contributed by atoms with Crippen molar-refractivity contribution in [3.8, 4) is 23.3 Å².